The number of aryl methyl sites for hydroxylation is 2. The van der Waals surface area contributed by atoms with E-state index in [0.29, 0.717) is 16.7 Å². The zero-order valence-corrected chi connectivity index (χ0v) is 15.1. The van der Waals surface area contributed by atoms with Crippen LogP contribution in [0.15, 0.2) is 34.6 Å². The lowest BCUT2D eigenvalue weighted by Crippen LogP contribution is -2.19. The third kappa shape index (κ3) is 2.42. The summed E-state index contributed by atoms with van der Waals surface area (Å²) in [6.45, 7) is 4.01. The van der Waals surface area contributed by atoms with Crippen LogP contribution in [0, 0.1) is 13.8 Å². The Balaban J connectivity index is 1.69. The number of thioether (sulfide) groups is 1. The second-order valence-electron chi connectivity index (χ2n) is 5.57. The molecule has 0 amide bonds. The van der Waals surface area contributed by atoms with E-state index in [9.17, 15) is 4.79 Å². The zero-order valence-electron chi connectivity index (χ0n) is 13.5. The van der Waals surface area contributed by atoms with Crippen LogP contribution in [0.3, 0.4) is 0 Å². The number of hydrogen-bond donors (Lipinski definition) is 0. The van der Waals surface area contributed by atoms with Gasteiger partial charge in [0, 0.05) is 36.3 Å². The van der Waals surface area contributed by atoms with Gasteiger partial charge in [-0.1, -0.05) is 11.8 Å². The van der Waals surface area contributed by atoms with Crippen molar-refractivity contribution >= 4 is 39.1 Å². The van der Waals surface area contributed by atoms with Crippen LogP contribution in [0.5, 0.6) is 0 Å². The van der Waals surface area contributed by atoms with Gasteiger partial charge in [0.1, 0.15) is 4.83 Å². The maximum absolute atomic E-state index is 12.6. The highest BCUT2D eigenvalue weighted by atomic mass is 32.2. The van der Waals surface area contributed by atoms with Crippen LogP contribution in [0.1, 0.15) is 16.1 Å². The molecule has 8 heteroatoms. The van der Waals surface area contributed by atoms with Crippen LogP contribution in [0.25, 0.3) is 16.0 Å². The van der Waals surface area contributed by atoms with Gasteiger partial charge in [-0.3, -0.25) is 13.8 Å². The van der Waals surface area contributed by atoms with Gasteiger partial charge in [0.2, 0.25) is 5.78 Å². The maximum atomic E-state index is 12.6. The molecule has 122 valence electrons. The monoisotopic (exact) mass is 357 g/mol. The highest BCUT2D eigenvalue weighted by Gasteiger charge is 2.15. The second-order valence-corrected chi connectivity index (χ2v) is 7.72. The predicted molar refractivity (Wildman–Crippen MR) is 96.9 cm³/mol. The lowest BCUT2D eigenvalue weighted by molar-refractivity contribution is 0.727. The van der Waals surface area contributed by atoms with E-state index in [1.54, 1.807) is 29.1 Å². The van der Waals surface area contributed by atoms with Gasteiger partial charge in [-0.25, -0.2) is 15.0 Å². The van der Waals surface area contributed by atoms with E-state index < -0.39 is 0 Å². The largest absolute Gasteiger partial charge is 0.291 e. The maximum Gasteiger partial charge on any atom is 0.262 e. The van der Waals surface area contributed by atoms with Gasteiger partial charge < -0.3 is 0 Å². The highest BCUT2D eigenvalue weighted by molar-refractivity contribution is 7.98. The van der Waals surface area contributed by atoms with E-state index in [1.807, 2.05) is 36.7 Å². The van der Waals surface area contributed by atoms with Crippen molar-refractivity contribution in [2.45, 2.75) is 24.8 Å². The quantitative estimate of drug-likeness (QED) is 0.417. The molecule has 4 rings (SSSR count). The van der Waals surface area contributed by atoms with Crippen LogP contribution >= 0.6 is 23.1 Å². The Morgan fingerprint density at radius 1 is 1.29 bits per heavy atom. The Labute approximate surface area is 146 Å². The van der Waals surface area contributed by atoms with Gasteiger partial charge in [-0.2, -0.15) is 0 Å². The Bertz CT molecular complexity index is 1090. The van der Waals surface area contributed by atoms with E-state index in [-0.39, 0.29) is 5.56 Å². The van der Waals surface area contributed by atoms with Gasteiger partial charge in [0.25, 0.3) is 5.56 Å². The highest BCUT2D eigenvalue weighted by Crippen LogP contribution is 2.28. The molecule has 0 saturated heterocycles. The molecule has 0 saturated carbocycles. The Hall–Kier alpha value is -2.19. The fourth-order valence-corrected chi connectivity index (χ4v) is 4.50. The molecular weight excluding hydrogens is 342 g/mol. The molecule has 0 aliphatic carbocycles. The topological polar surface area (TPSA) is 65.1 Å². The summed E-state index contributed by atoms with van der Waals surface area (Å²) in [4.78, 5) is 28.0. The summed E-state index contributed by atoms with van der Waals surface area (Å²) in [7, 11) is 1.77. The van der Waals surface area contributed by atoms with Crippen LogP contribution in [-0.2, 0) is 12.8 Å². The molecule has 4 aromatic heterocycles. The Kier molecular flexibility index (Phi) is 3.65. The van der Waals surface area contributed by atoms with Crippen LogP contribution in [0.2, 0.25) is 0 Å². The Morgan fingerprint density at radius 2 is 2.12 bits per heavy atom. The molecule has 0 N–H and O–H groups in total. The van der Waals surface area contributed by atoms with E-state index in [0.717, 1.165) is 26.4 Å². The van der Waals surface area contributed by atoms with Gasteiger partial charge in [0.15, 0.2) is 5.16 Å². The molecular formula is C16H15N5OS2. The van der Waals surface area contributed by atoms with E-state index >= 15 is 0 Å². The first kappa shape index (κ1) is 15.3. The van der Waals surface area contributed by atoms with Gasteiger partial charge >= 0.3 is 0 Å². The van der Waals surface area contributed by atoms with Gasteiger partial charge in [-0.05, 0) is 25.5 Å². The summed E-state index contributed by atoms with van der Waals surface area (Å²) in [5, 5.41) is 1.44. The normalized spacial score (nSPS) is 11.6. The van der Waals surface area contributed by atoms with Crippen LogP contribution in [0.4, 0.5) is 0 Å². The van der Waals surface area contributed by atoms with Crippen molar-refractivity contribution in [3.8, 4) is 0 Å². The molecule has 0 spiro atoms. The second kappa shape index (κ2) is 5.71. The average molecular weight is 357 g/mol. The number of nitrogens with zero attached hydrogens (tertiary/aromatic N) is 5. The summed E-state index contributed by atoms with van der Waals surface area (Å²) in [5.41, 5.74) is 1.96. The zero-order chi connectivity index (χ0) is 16.8. The minimum absolute atomic E-state index is 0.0148. The minimum atomic E-state index is 0.0148. The molecule has 0 bridgehead atoms. The molecule has 4 heterocycles. The standard InChI is InChI=1S/C16H15N5OS2/c1-9-10(2)24-13-12(9)14(22)20(3)16(19-13)23-8-11-7-21-6-4-5-17-15(21)18-11/h4-7H,8H2,1-3H3. The lowest BCUT2D eigenvalue weighted by atomic mass is 10.2. The van der Waals surface area contributed by atoms with Crippen molar-refractivity contribution in [2.75, 3.05) is 0 Å². The molecule has 0 atom stereocenters. The van der Waals surface area contributed by atoms with E-state index in [4.69, 9.17) is 0 Å². The summed E-state index contributed by atoms with van der Waals surface area (Å²) in [6.07, 6.45) is 5.59. The number of thiophene rings is 1. The van der Waals surface area contributed by atoms with Crippen molar-refractivity contribution in [3.05, 3.63) is 51.1 Å². The summed E-state index contributed by atoms with van der Waals surface area (Å²) >= 11 is 3.09. The molecule has 0 radical (unpaired) electrons. The number of hydrogen-bond acceptors (Lipinski definition) is 6. The minimum Gasteiger partial charge on any atom is -0.291 e. The first-order valence-electron chi connectivity index (χ1n) is 7.42. The van der Waals surface area contributed by atoms with Gasteiger partial charge in [0.05, 0.1) is 11.1 Å². The molecule has 0 aromatic carbocycles. The summed E-state index contributed by atoms with van der Waals surface area (Å²) in [5.74, 6) is 1.31. The molecule has 0 fully saturated rings. The van der Waals surface area contributed by atoms with Crippen molar-refractivity contribution < 1.29 is 0 Å². The first-order chi connectivity index (χ1) is 11.5. The van der Waals surface area contributed by atoms with Crippen LogP contribution in [-0.4, -0.2) is 23.9 Å². The van der Waals surface area contributed by atoms with Crippen LogP contribution < -0.4 is 5.56 Å². The lowest BCUT2D eigenvalue weighted by Gasteiger charge is -2.06. The third-order valence-electron chi connectivity index (χ3n) is 4.00. The summed E-state index contributed by atoms with van der Waals surface area (Å²) in [6, 6.07) is 1.87. The molecule has 6 nitrogen and oxygen atoms in total. The number of imidazole rings is 1. The predicted octanol–water partition coefficient (Wildman–Crippen LogP) is 2.95. The Morgan fingerprint density at radius 3 is 2.92 bits per heavy atom. The van der Waals surface area contributed by atoms with Crippen molar-refractivity contribution in [3.63, 3.8) is 0 Å². The number of aromatic nitrogens is 5. The molecule has 0 aliphatic rings. The fraction of sp³-hybridized carbons (Fsp3) is 0.250. The molecule has 0 unspecified atom stereocenters. The van der Waals surface area contributed by atoms with Gasteiger partial charge in [-0.15, -0.1) is 11.3 Å². The van der Waals surface area contributed by atoms with Crippen molar-refractivity contribution in [1.29, 1.82) is 0 Å². The molecule has 4 aromatic rings. The third-order valence-corrected chi connectivity index (χ3v) is 6.17. The fourth-order valence-electron chi connectivity index (χ4n) is 2.57. The average Bonchev–Trinajstić information content (AvgIpc) is 3.10. The number of fused-ring (bicyclic) bond motifs is 2. The smallest absolute Gasteiger partial charge is 0.262 e. The molecule has 24 heavy (non-hydrogen) atoms. The summed E-state index contributed by atoms with van der Waals surface area (Å²) < 4.78 is 3.51. The molecule has 0 aliphatic heterocycles. The van der Waals surface area contributed by atoms with E-state index in [2.05, 4.69) is 15.0 Å². The number of rotatable bonds is 3. The first-order valence-corrected chi connectivity index (χ1v) is 9.23. The van der Waals surface area contributed by atoms with E-state index in [1.165, 1.54) is 11.8 Å². The van der Waals surface area contributed by atoms with Crippen molar-refractivity contribution in [2.24, 2.45) is 7.05 Å². The van der Waals surface area contributed by atoms with Crippen molar-refractivity contribution in [1.82, 2.24) is 23.9 Å². The SMILES string of the molecule is Cc1sc2nc(SCc3cn4cccnc4n3)n(C)c(=O)c2c1C.